The van der Waals surface area contributed by atoms with Gasteiger partial charge in [0, 0.05) is 5.69 Å². The van der Waals surface area contributed by atoms with Gasteiger partial charge in [0.2, 0.25) is 0 Å². The Kier molecular flexibility index (Phi) is 5.23. The van der Waals surface area contributed by atoms with E-state index in [2.05, 4.69) is 16.7 Å². The first kappa shape index (κ1) is 15.8. The average Bonchev–Trinajstić information content (AvgIpc) is 2.38. The molecule has 1 aliphatic rings. The fourth-order valence-corrected chi connectivity index (χ4v) is 2.62. The van der Waals surface area contributed by atoms with Gasteiger partial charge in [0.25, 0.3) is 0 Å². The second-order valence-electron chi connectivity index (χ2n) is 6.72. The average molecular weight is 290 g/mol. The first-order chi connectivity index (χ1) is 9.92. The molecular formula is C17H26N2O2. The largest absolute Gasteiger partial charge is 0.444 e. The van der Waals surface area contributed by atoms with Gasteiger partial charge >= 0.3 is 6.09 Å². The number of carbonyl (C=O) groups is 1. The molecule has 4 nitrogen and oxygen atoms in total. The maximum absolute atomic E-state index is 11.8. The minimum absolute atomic E-state index is 0.401. The van der Waals surface area contributed by atoms with E-state index >= 15 is 0 Å². The van der Waals surface area contributed by atoms with Crippen LogP contribution in [0.1, 0.15) is 39.2 Å². The number of nitrogens with one attached hydrogen (secondary N) is 2. The lowest BCUT2D eigenvalue weighted by molar-refractivity contribution is 0.0636. The van der Waals surface area contributed by atoms with E-state index in [-0.39, 0.29) is 0 Å². The molecule has 4 heteroatoms. The number of rotatable bonds is 3. The van der Waals surface area contributed by atoms with Gasteiger partial charge < -0.3 is 10.1 Å². The molecule has 0 aliphatic carbocycles. The Labute approximate surface area is 127 Å². The zero-order chi connectivity index (χ0) is 15.3. The van der Waals surface area contributed by atoms with Gasteiger partial charge in [0.1, 0.15) is 5.60 Å². The molecule has 116 valence electrons. The lowest BCUT2D eigenvalue weighted by Crippen LogP contribution is -2.28. The van der Waals surface area contributed by atoms with Gasteiger partial charge in [-0.3, -0.25) is 5.32 Å². The molecule has 0 radical (unpaired) electrons. The van der Waals surface area contributed by atoms with Gasteiger partial charge in [-0.15, -0.1) is 0 Å². The molecule has 0 atom stereocenters. The molecule has 0 saturated carbocycles. The summed E-state index contributed by atoms with van der Waals surface area (Å²) >= 11 is 0. The lowest BCUT2D eigenvalue weighted by Gasteiger charge is -2.23. The smallest absolute Gasteiger partial charge is 0.412 e. The van der Waals surface area contributed by atoms with Crippen molar-refractivity contribution in [2.45, 2.75) is 45.6 Å². The molecule has 0 aromatic heterocycles. The van der Waals surface area contributed by atoms with Crippen LogP contribution in [0.2, 0.25) is 0 Å². The van der Waals surface area contributed by atoms with Crippen molar-refractivity contribution in [2.75, 3.05) is 18.4 Å². The monoisotopic (exact) mass is 290 g/mol. The zero-order valence-electron chi connectivity index (χ0n) is 13.2. The van der Waals surface area contributed by atoms with Crippen LogP contribution < -0.4 is 10.6 Å². The second-order valence-corrected chi connectivity index (χ2v) is 6.72. The van der Waals surface area contributed by atoms with Gasteiger partial charge in [-0.1, -0.05) is 12.1 Å². The number of anilines is 1. The highest BCUT2D eigenvalue weighted by Crippen LogP contribution is 2.20. The predicted molar refractivity (Wildman–Crippen MR) is 85.6 cm³/mol. The van der Waals surface area contributed by atoms with Crippen molar-refractivity contribution in [3.8, 4) is 0 Å². The number of carbonyl (C=O) groups excluding carboxylic acids is 1. The molecule has 0 bridgehead atoms. The maximum Gasteiger partial charge on any atom is 0.412 e. The first-order valence-electron chi connectivity index (χ1n) is 7.72. The first-order valence-corrected chi connectivity index (χ1v) is 7.72. The Morgan fingerprint density at radius 3 is 2.71 bits per heavy atom. The third kappa shape index (κ3) is 5.76. The van der Waals surface area contributed by atoms with Crippen LogP contribution in [-0.2, 0) is 11.2 Å². The quantitative estimate of drug-likeness (QED) is 0.894. The summed E-state index contributed by atoms with van der Waals surface area (Å²) in [6, 6.07) is 8.06. The second kappa shape index (κ2) is 6.94. The van der Waals surface area contributed by atoms with Gasteiger partial charge in [-0.05, 0) is 76.7 Å². The highest BCUT2D eigenvalue weighted by molar-refractivity contribution is 5.84. The Bertz CT molecular complexity index is 474. The van der Waals surface area contributed by atoms with E-state index < -0.39 is 11.7 Å². The van der Waals surface area contributed by atoms with E-state index in [0.717, 1.165) is 31.1 Å². The van der Waals surface area contributed by atoms with Crippen LogP contribution in [0.25, 0.3) is 0 Å². The summed E-state index contributed by atoms with van der Waals surface area (Å²) < 4.78 is 5.27. The van der Waals surface area contributed by atoms with E-state index in [1.165, 1.54) is 18.4 Å². The summed E-state index contributed by atoms with van der Waals surface area (Å²) in [5, 5.41) is 6.19. The van der Waals surface area contributed by atoms with E-state index in [1.807, 2.05) is 39.0 Å². The molecule has 1 aliphatic heterocycles. The molecule has 1 fully saturated rings. The van der Waals surface area contributed by atoms with Crippen molar-refractivity contribution in [2.24, 2.45) is 5.92 Å². The third-order valence-corrected chi connectivity index (χ3v) is 3.56. The van der Waals surface area contributed by atoms with Crippen molar-refractivity contribution in [1.29, 1.82) is 0 Å². The van der Waals surface area contributed by atoms with Crippen molar-refractivity contribution in [3.63, 3.8) is 0 Å². The predicted octanol–water partition coefficient (Wildman–Crippen LogP) is 3.58. The van der Waals surface area contributed by atoms with Crippen molar-refractivity contribution in [3.05, 3.63) is 29.8 Å². The maximum atomic E-state index is 11.8. The minimum Gasteiger partial charge on any atom is -0.444 e. The van der Waals surface area contributed by atoms with Crippen LogP contribution in [0, 0.1) is 5.92 Å². The summed E-state index contributed by atoms with van der Waals surface area (Å²) in [5.41, 5.74) is 1.60. The topological polar surface area (TPSA) is 50.4 Å². The van der Waals surface area contributed by atoms with E-state index in [0.29, 0.717) is 0 Å². The normalized spacial score (nSPS) is 16.5. The minimum atomic E-state index is -0.475. The van der Waals surface area contributed by atoms with Crippen LogP contribution in [0.5, 0.6) is 0 Å². The summed E-state index contributed by atoms with van der Waals surface area (Å²) in [5.74, 6) is 0.739. The van der Waals surface area contributed by atoms with Crippen LogP contribution in [-0.4, -0.2) is 24.8 Å². The summed E-state index contributed by atoms with van der Waals surface area (Å²) in [6.45, 7) is 7.81. The number of hydrogen-bond donors (Lipinski definition) is 2. The van der Waals surface area contributed by atoms with Gasteiger partial charge in [-0.25, -0.2) is 4.79 Å². The van der Waals surface area contributed by atoms with Crippen LogP contribution >= 0.6 is 0 Å². The van der Waals surface area contributed by atoms with Crippen molar-refractivity contribution >= 4 is 11.8 Å². The third-order valence-electron chi connectivity index (χ3n) is 3.56. The molecule has 1 amide bonds. The van der Waals surface area contributed by atoms with Gasteiger partial charge in [0.05, 0.1) is 0 Å². The molecule has 2 N–H and O–H groups in total. The number of amides is 1. The number of ether oxygens (including phenoxy) is 1. The van der Waals surface area contributed by atoms with Crippen molar-refractivity contribution in [1.82, 2.24) is 5.32 Å². The standard InChI is InChI=1S/C17H26N2O2/c1-17(2,3)21-16(20)19-15-6-4-5-14(12-15)11-13-7-9-18-10-8-13/h4-6,12-13,18H,7-11H2,1-3H3,(H,19,20). The fourth-order valence-electron chi connectivity index (χ4n) is 2.62. The highest BCUT2D eigenvalue weighted by atomic mass is 16.6. The van der Waals surface area contributed by atoms with Crippen LogP contribution in [0.15, 0.2) is 24.3 Å². The molecule has 21 heavy (non-hydrogen) atoms. The van der Waals surface area contributed by atoms with E-state index in [4.69, 9.17) is 4.74 Å². The summed E-state index contributed by atoms with van der Waals surface area (Å²) in [7, 11) is 0. The summed E-state index contributed by atoms with van der Waals surface area (Å²) in [4.78, 5) is 11.8. The molecule has 0 unspecified atom stereocenters. The molecule has 1 heterocycles. The van der Waals surface area contributed by atoms with Gasteiger partial charge in [0.15, 0.2) is 0 Å². The zero-order valence-corrected chi connectivity index (χ0v) is 13.2. The Morgan fingerprint density at radius 1 is 1.33 bits per heavy atom. The number of benzene rings is 1. The Morgan fingerprint density at radius 2 is 2.05 bits per heavy atom. The van der Waals surface area contributed by atoms with Crippen LogP contribution in [0.3, 0.4) is 0 Å². The molecule has 1 aromatic carbocycles. The number of piperidine rings is 1. The van der Waals surface area contributed by atoms with Crippen molar-refractivity contribution < 1.29 is 9.53 Å². The Balaban J connectivity index is 1.92. The highest BCUT2D eigenvalue weighted by Gasteiger charge is 2.17. The molecule has 1 saturated heterocycles. The molecule has 0 spiro atoms. The Hall–Kier alpha value is -1.55. The van der Waals surface area contributed by atoms with E-state index in [1.54, 1.807) is 0 Å². The summed E-state index contributed by atoms with van der Waals surface area (Å²) in [6.07, 6.45) is 3.13. The fraction of sp³-hybridized carbons (Fsp3) is 0.588. The molecular weight excluding hydrogens is 264 g/mol. The number of hydrogen-bond acceptors (Lipinski definition) is 3. The SMILES string of the molecule is CC(C)(C)OC(=O)Nc1cccc(CC2CCNCC2)c1. The molecule has 2 rings (SSSR count). The van der Waals surface area contributed by atoms with Crippen LogP contribution in [0.4, 0.5) is 10.5 Å². The lowest BCUT2D eigenvalue weighted by atomic mass is 9.91. The van der Waals surface area contributed by atoms with Gasteiger partial charge in [-0.2, -0.15) is 0 Å². The molecule has 1 aromatic rings. The van der Waals surface area contributed by atoms with E-state index in [9.17, 15) is 4.79 Å².